The van der Waals surface area contributed by atoms with E-state index in [1.807, 2.05) is 0 Å². The third-order valence-corrected chi connectivity index (χ3v) is 9.99. The largest absolute Gasteiger partial charge is 0.469 e. The van der Waals surface area contributed by atoms with Gasteiger partial charge in [0.2, 0.25) is 0 Å². The molecule has 4 rings (SSSR count). The van der Waals surface area contributed by atoms with Crippen LogP contribution in [0.25, 0.3) is 0 Å². The number of ether oxygens (including phenoxy) is 1. The lowest BCUT2D eigenvalue weighted by Crippen LogP contribution is -2.57. The quantitative estimate of drug-likeness (QED) is 0.535. The van der Waals surface area contributed by atoms with Crippen LogP contribution in [0.3, 0.4) is 0 Å². The summed E-state index contributed by atoms with van der Waals surface area (Å²) in [6.07, 6.45) is 10.4. The van der Waals surface area contributed by atoms with Crippen molar-refractivity contribution in [3.63, 3.8) is 0 Å². The van der Waals surface area contributed by atoms with Crippen molar-refractivity contribution in [2.75, 3.05) is 7.11 Å². The third-order valence-electron chi connectivity index (χ3n) is 9.99. The smallest absolute Gasteiger partial charge is 0.305 e. The molecule has 3 unspecified atom stereocenters. The minimum Gasteiger partial charge on any atom is -0.469 e. The van der Waals surface area contributed by atoms with Crippen LogP contribution < -0.4 is 0 Å². The van der Waals surface area contributed by atoms with Crippen molar-refractivity contribution in [3.05, 3.63) is 11.6 Å². The van der Waals surface area contributed by atoms with Gasteiger partial charge in [-0.05, 0) is 91.8 Å². The first kappa shape index (κ1) is 21.4. The van der Waals surface area contributed by atoms with E-state index in [4.69, 9.17) is 4.74 Å². The highest BCUT2D eigenvalue weighted by Crippen LogP contribution is 2.67. The van der Waals surface area contributed by atoms with Crippen LogP contribution in [-0.2, 0) is 9.53 Å². The number of esters is 1. The molecule has 0 spiro atoms. The minimum absolute atomic E-state index is 0.0392. The van der Waals surface area contributed by atoms with Crippen molar-refractivity contribution >= 4 is 5.97 Å². The normalized spacial score (nSPS) is 47.4. The van der Waals surface area contributed by atoms with Crippen molar-refractivity contribution in [1.29, 1.82) is 0 Å². The van der Waals surface area contributed by atoms with Crippen molar-refractivity contribution in [2.45, 2.75) is 90.8 Å². The number of methoxy groups -OCH3 is 1. The summed E-state index contributed by atoms with van der Waals surface area (Å²) in [5.74, 6) is 2.57. The number of allylic oxidation sites excluding steroid dienone is 1. The topological polar surface area (TPSA) is 66.8 Å². The Bertz CT molecular complexity index is 672. The molecule has 0 radical (unpaired) electrons. The Balaban J connectivity index is 1.56. The molecular weight excluding hydrogens is 364 g/mol. The minimum atomic E-state index is -0.278. The molecule has 0 aromatic carbocycles. The number of aliphatic hydroxyl groups excluding tert-OH is 2. The highest BCUT2D eigenvalue weighted by molar-refractivity contribution is 5.69. The third kappa shape index (κ3) is 3.29. The summed E-state index contributed by atoms with van der Waals surface area (Å²) >= 11 is 0. The van der Waals surface area contributed by atoms with E-state index in [1.54, 1.807) is 0 Å². The lowest BCUT2D eigenvalue weighted by atomic mass is 9.45. The summed E-state index contributed by atoms with van der Waals surface area (Å²) in [4.78, 5) is 11.6. The van der Waals surface area contributed by atoms with E-state index in [-0.39, 0.29) is 29.0 Å². The fraction of sp³-hybridized carbons (Fsp3) is 0.880. The van der Waals surface area contributed by atoms with E-state index in [2.05, 4.69) is 26.8 Å². The number of rotatable bonds is 4. The van der Waals surface area contributed by atoms with E-state index >= 15 is 0 Å². The molecule has 4 heteroatoms. The summed E-state index contributed by atoms with van der Waals surface area (Å²) in [5, 5.41) is 21.7. The zero-order chi connectivity index (χ0) is 21.0. The van der Waals surface area contributed by atoms with Gasteiger partial charge in [-0.25, -0.2) is 0 Å². The van der Waals surface area contributed by atoms with Crippen molar-refractivity contribution in [3.8, 4) is 0 Å². The fourth-order valence-corrected chi connectivity index (χ4v) is 8.29. The Morgan fingerprint density at radius 2 is 1.97 bits per heavy atom. The molecule has 0 saturated heterocycles. The summed E-state index contributed by atoms with van der Waals surface area (Å²) < 4.78 is 4.84. The zero-order valence-corrected chi connectivity index (χ0v) is 18.7. The molecule has 0 bridgehead atoms. The number of aliphatic hydroxyl groups is 2. The molecule has 3 saturated carbocycles. The molecule has 3 fully saturated rings. The van der Waals surface area contributed by atoms with Gasteiger partial charge in [-0.1, -0.05) is 32.4 Å². The van der Waals surface area contributed by atoms with Gasteiger partial charge in [0.1, 0.15) is 0 Å². The Morgan fingerprint density at radius 1 is 1.21 bits per heavy atom. The number of carbonyl (C=O) groups is 1. The molecule has 4 aliphatic carbocycles. The van der Waals surface area contributed by atoms with Crippen LogP contribution in [0.5, 0.6) is 0 Å². The van der Waals surface area contributed by atoms with E-state index in [0.29, 0.717) is 36.0 Å². The Hall–Kier alpha value is -0.870. The van der Waals surface area contributed by atoms with Gasteiger partial charge in [-0.15, -0.1) is 0 Å². The summed E-state index contributed by atoms with van der Waals surface area (Å²) in [7, 11) is 1.46. The van der Waals surface area contributed by atoms with Gasteiger partial charge < -0.3 is 14.9 Å². The number of fused-ring (bicyclic) bond motifs is 5. The van der Waals surface area contributed by atoms with Gasteiger partial charge in [0, 0.05) is 6.42 Å². The summed E-state index contributed by atoms with van der Waals surface area (Å²) in [6, 6.07) is 0. The predicted molar refractivity (Wildman–Crippen MR) is 113 cm³/mol. The van der Waals surface area contributed by atoms with E-state index in [9.17, 15) is 15.0 Å². The number of hydrogen-bond donors (Lipinski definition) is 2. The monoisotopic (exact) mass is 404 g/mol. The van der Waals surface area contributed by atoms with Crippen molar-refractivity contribution in [1.82, 2.24) is 0 Å². The van der Waals surface area contributed by atoms with Crippen molar-refractivity contribution in [2.24, 2.45) is 40.4 Å². The molecular formula is C25H40O4. The van der Waals surface area contributed by atoms with E-state index in [0.717, 1.165) is 32.1 Å². The van der Waals surface area contributed by atoms with Gasteiger partial charge in [-0.2, -0.15) is 0 Å². The van der Waals surface area contributed by atoms with Gasteiger partial charge in [0.15, 0.2) is 0 Å². The molecule has 164 valence electrons. The van der Waals surface area contributed by atoms with Crippen molar-refractivity contribution < 1.29 is 19.7 Å². The van der Waals surface area contributed by atoms with Crippen LogP contribution in [-0.4, -0.2) is 35.5 Å². The van der Waals surface area contributed by atoms with Gasteiger partial charge in [0.05, 0.1) is 19.3 Å². The molecule has 0 heterocycles. The van der Waals surface area contributed by atoms with E-state index in [1.165, 1.54) is 31.9 Å². The second kappa shape index (κ2) is 7.67. The highest BCUT2D eigenvalue weighted by Gasteiger charge is 2.62. The van der Waals surface area contributed by atoms with Crippen LogP contribution in [0.4, 0.5) is 0 Å². The maximum absolute atomic E-state index is 11.6. The molecule has 0 amide bonds. The van der Waals surface area contributed by atoms with Crippen LogP contribution in [0, 0.1) is 40.4 Å². The molecule has 29 heavy (non-hydrogen) atoms. The summed E-state index contributed by atoms with van der Waals surface area (Å²) in [5.41, 5.74) is 1.57. The van der Waals surface area contributed by atoms with Crippen LogP contribution >= 0.6 is 0 Å². The second-order valence-electron chi connectivity index (χ2n) is 11.0. The molecule has 0 aromatic heterocycles. The van der Waals surface area contributed by atoms with Gasteiger partial charge in [0.25, 0.3) is 0 Å². The highest BCUT2D eigenvalue weighted by atomic mass is 16.5. The second-order valence-corrected chi connectivity index (χ2v) is 11.0. The molecule has 2 N–H and O–H groups in total. The lowest BCUT2D eigenvalue weighted by Gasteiger charge is -2.60. The Morgan fingerprint density at radius 3 is 2.69 bits per heavy atom. The predicted octanol–water partition coefficient (Wildman–Crippen LogP) is 4.49. The summed E-state index contributed by atoms with van der Waals surface area (Å²) in [6.45, 7) is 7.02. The first-order valence-electron chi connectivity index (χ1n) is 11.9. The molecule has 0 aliphatic heterocycles. The molecule has 9 atom stereocenters. The first-order chi connectivity index (χ1) is 13.7. The number of carbonyl (C=O) groups excluding carboxylic acids is 1. The molecule has 4 aliphatic rings. The van der Waals surface area contributed by atoms with E-state index < -0.39 is 0 Å². The standard InChI is InChI=1S/C25H40O4/c1-15(5-10-23(28)29-4)19-8-9-20-18-7-6-16-13-17(26)11-12-24(16,2)21(18)14-22(27)25(19,20)3/h13,15,17-22,26-27H,5-12,14H2,1-4H3/t15-,17+,18?,19-,20?,21?,22+,24+,25-/m1/s1. The average Bonchev–Trinajstić information content (AvgIpc) is 3.06. The number of hydrogen-bond acceptors (Lipinski definition) is 4. The Kier molecular flexibility index (Phi) is 5.65. The average molecular weight is 405 g/mol. The van der Waals surface area contributed by atoms with Gasteiger partial charge >= 0.3 is 5.97 Å². The SMILES string of the molecule is COC(=O)CC[C@@H](C)[C@H]1CCC2C3CCC4=C[C@@H](O)CC[C@]4(C)C3C[C@H](O)[C@@]21C. The molecule has 0 aromatic rings. The van der Waals surface area contributed by atoms with Crippen LogP contribution in [0.1, 0.15) is 78.6 Å². The maximum atomic E-state index is 11.6. The van der Waals surface area contributed by atoms with Crippen LogP contribution in [0.15, 0.2) is 11.6 Å². The lowest BCUT2D eigenvalue weighted by molar-refractivity contribution is -0.144. The molecule has 4 nitrogen and oxygen atoms in total. The first-order valence-corrected chi connectivity index (χ1v) is 11.9. The van der Waals surface area contributed by atoms with Crippen LogP contribution in [0.2, 0.25) is 0 Å². The maximum Gasteiger partial charge on any atom is 0.305 e. The van der Waals surface area contributed by atoms with Gasteiger partial charge in [-0.3, -0.25) is 4.79 Å². The fourth-order valence-electron chi connectivity index (χ4n) is 8.29. The Labute approximate surface area is 176 Å². The zero-order valence-electron chi connectivity index (χ0n) is 18.7.